The van der Waals surface area contributed by atoms with Crippen molar-refractivity contribution in [3.63, 3.8) is 0 Å². The standard InChI is InChI=1S/C24H23ClFN5O4/c1-23(2)34-17-15(8-32)33-21(18(17)35-23)31-11-27-16-19(28-22(25)29-20(16)31)30-9-24(10-30)6-12-4-3-5-14(26)13(12)7-24/h3-5,11,15,17,32H,6-10H2,1-2H3/t15-,17?/m1/s1. The Kier molecular flexibility index (Phi) is 4.30. The molecule has 7 rings (SSSR count). The van der Waals surface area contributed by atoms with Gasteiger partial charge in [-0.1, -0.05) is 12.1 Å². The molecule has 0 saturated carbocycles. The van der Waals surface area contributed by atoms with E-state index in [4.69, 9.17) is 25.8 Å². The van der Waals surface area contributed by atoms with Gasteiger partial charge in [-0.3, -0.25) is 0 Å². The van der Waals surface area contributed by atoms with Crippen LogP contribution in [0.5, 0.6) is 0 Å². The Morgan fingerprint density at radius 2 is 2.06 bits per heavy atom. The summed E-state index contributed by atoms with van der Waals surface area (Å²) in [4.78, 5) is 15.6. The lowest BCUT2D eigenvalue weighted by atomic mass is 9.77. The first kappa shape index (κ1) is 21.3. The number of aromatic nitrogens is 4. The maximum absolute atomic E-state index is 14.3. The number of anilines is 1. The van der Waals surface area contributed by atoms with E-state index in [-0.39, 0.29) is 23.1 Å². The summed E-state index contributed by atoms with van der Waals surface area (Å²) in [5, 5.41) is 9.89. The minimum atomic E-state index is -0.846. The Labute approximate surface area is 205 Å². The van der Waals surface area contributed by atoms with Crippen LogP contribution in [0.1, 0.15) is 25.0 Å². The number of imidazole rings is 1. The van der Waals surface area contributed by atoms with Gasteiger partial charge < -0.3 is 24.2 Å². The first-order chi connectivity index (χ1) is 16.8. The van der Waals surface area contributed by atoms with Crippen molar-refractivity contribution in [1.29, 1.82) is 0 Å². The van der Waals surface area contributed by atoms with Gasteiger partial charge in [-0.05, 0) is 41.6 Å². The average molecular weight is 500 g/mol. The number of aliphatic hydroxyl groups excluding tert-OH is 1. The van der Waals surface area contributed by atoms with Crippen molar-refractivity contribution < 1.29 is 23.7 Å². The third kappa shape index (κ3) is 3.09. The van der Waals surface area contributed by atoms with Crippen molar-refractivity contribution in [3.8, 4) is 0 Å². The number of fused-ring (bicyclic) bond motifs is 3. The van der Waals surface area contributed by atoms with Crippen LogP contribution >= 0.6 is 11.6 Å². The largest absolute Gasteiger partial charge is 0.467 e. The molecule has 1 aromatic carbocycles. The van der Waals surface area contributed by atoms with Gasteiger partial charge in [-0.25, -0.2) is 13.9 Å². The van der Waals surface area contributed by atoms with E-state index >= 15 is 0 Å². The molecule has 2 fully saturated rings. The lowest BCUT2D eigenvalue weighted by molar-refractivity contribution is -0.155. The highest BCUT2D eigenvalue weighted by Crippen LogP contribution is 2.47. The third-order valence-electron chi connectivity index (χ3n) is 7.27. The van der Waals surface area contributed by atoms with Gasteiger partial charge in [0.2, 0.25) is 17.0 Å². The van der Waals surface area contributed by atoms with Crippen molar-refractivity contribution in [2.45, 2.75) is 44.7 Å². The summed E-state index contributed by atoms with van der Waals surface area (Å²) in [5.74, 6) is 0.503. The number of nitrogens with zero attached hydrogens (tertiary/aromatic N) is 5. The number of halogens is 2. The van der Waals surface area contributed by atoms with Crippen LogP contribution in [0.15, 0.2) is 30.3 Å². The second-order valence-corrected chi connectivity index (χ2v) is 10.6. The van der Waals surface area contributed by atoms with Crippen LogP contribution in [0.25, 0.3) is 17.0 Å². The lowest BCUT2D eigenvalue weighted by Gasteiger charge is -2.49. The van der Waals surface area contributed by atoms with Crippen LogP contribution in [0.2, 0.25) is 5.28 Å². The summed E-state index contributed by atoms with van der Waals surface area (Å²) < 4.78 is 33.9. The Morgan fingerprint density at radius 3 is 2.83 bits per heavy atom. The summed E-state index contributed by atoms with van der Waals surface area (Å²) >= 11 is 6.35. The smallest absolute Gasteiger partial charge is 0.243 e. The highest BCUT2D eigenvalue weighted by molar-refractivity contribution is 6.28. The molecule has 11 heteroatoms. The van der Waals surface area contributed by atoms with Gasteiger partial charge in [0.05, 0.1) is 6.61 Å². The zero-order valence-electron chi connectivity index (χ0n) is 19.2. The van der Waals surface area contributed by atoms with E-state index in [0.717, 1.165) is 30.6 Å². The van der Waals surface area contributed by atoms with E-state index < -0.39 is 18.0 Å². The second kappa shape index (κ2) is 7.05. The Morgan fingerprint density at radius 1 is 1.23 bits per heavy atom. The Bertz CT molecular complexity index is 1420. The van der Waals surface area contributed by atoms with Gasteiger partial charge in [-0.2, -0.15) is 9.97 Å². The Hall–Kier alpha value is -2.95. The maximum Gasteiger partial charge on any atom is 0.243 e. The van der Waals surface area contributed by atoms with Crippen molar-refractivity contribution >= 4 is 34.5 Å². The molecule has 0 radical (unpaired) electrons. The molecule has 1 N–H and O–H groups in total. The molecular weight excluding hydrogens is 477 g/mol. The molecule has 5 heterocycles. The fraction of sp³-hybridized carbons (Fsp3) is 0.458. The van der Waals surface area contributed by atoms with E-state index in [0.29, 0.717) is 35.0 Å². The van der Waals surface area contributed by atoms with E-state index in [1.54, 1.807) is 30.8 Å². The number of hydrogen-bond donors (Lipinski definition) is 1. The monoisotopic (exact) mass is 499 g/mol. The summed E-state index contributed by atoms with van der Waals surface area (Å²) in [6, 6.07) is 5.31. The summed E-state index contributed by atoms with van der Waals surface area (Å²) in [7, 11) is 0. The number of hydrogen-bond acceptors (Lipinski definition) is 8. The van der Waals surface area contributed by atoms with Crippen molar-refractivity contribution in [2.75, 3.05) is 24.6 Å². The maximum atomic E-state index is 14.3. The van der Waals surface area contributed by atoms with E-state index in [1.807, 2.05) is 6.07 Å². The zero-order valence-corrected chi connectivity index (χ0v) is 19.9. The molecule has 9 nitrogen and oxygen atoms in total. The Balaban J connectivity index is 1.23. The molecule has 3 aromatic rings. The van der Waals surface area contributed by atoms with Crippen molar-refractivity contribution in [1.82, 2.24) is 19.5 Å². The van der Waals surface area contributed by atoms with Crippen molar-refractivity contribution in [3.05, 3.63) is 52.5 Å². The van der Waals surface area contributed by atoms with Crippen LogP contribution < -0.4 is 4.90 Å². The first-order valence-electron chi connectivity index (χ1n) is 11.6. The molecule has 35 heavy (non-hydrogen) atoms. The van der Waals surface area contributed by atoms with Crippen LogP contribution in [-0.2, 0) is 27.1 Å². The quantitative estimate of drug-likeness (QED) is 0.550. The number of rotatable bonds is 3. The van der Waals surface area contributed by atoms with E-state index in [9.17, 15) is 9.50 Å². The van der Waals surface area contributed by atoms with Crippen molar-refractivity contribution in [2.24, 2.45) is 5.41 Å². The number of benzene rings is 1. The number of aliphatic hydroxyl groups is 1. The highest BCUT2D eigenvalue weighted by atomic mass is 35.5. The predicted octanol–water partition coefficient (Wildman–Crippen LogP) is 2.89. The summed E-state index contributed by atoms with van der Waals surface area (Å²) in [5.41, 5.74) is 2.93. The molecule has 2 atom stereocenters. The fourth-order valence-corrected chi connectivity index (χ4v) is 6.02. The first-order valence-corrected chi connectivity index (χ1v) is 11.9. The minimum absolute atomic E-state index is 0.0157. The van der Waals surface area contributed by atoms with Gasteiger partial charge in [0.1, 0.15) is 12.1 Å². The van der Waals surface area contributed by atoms with Crippen LogP contribution in [0.4, 0.5) is 10.2 Å². The van der Waals surface area contributed by atoms with Crippen LogP contribution in [-0.4, -0.2) is 62.3 Å². The summed E-state index contributed by atoms with van der Waals surface area (Å²) in [6.07, 6.45) is 2.01. The fourth-order valence-electron chi connectivity index (χ4n) is 5.86. The average Bonchev–Trinajstić information content (AvgIpc) is 3.52. The van der Waals surface area contributed by atoms with Gasteiger partial charge >= 0.3 is 0 Å². The topological polar surface area (TPSA) is 94.8 Å². The van der Waals surface area contributed by atoms with Gasteiger partial charge in [0.15, 0.2) is 34.9 Å². The predicted molar refractivity (Wildman–Crippen MR) is 124 cm³/mol. The molecular formula is C24H23ClFN5O4. The van der Waals surface area contributed by atoms with Gasteiger partial charge in [-0.15, -0.1) is 0 Å². The van der Waals surface area contributed by atoms with Gasteiger partial charge in [0.25, 0.3) is 0 Å². The van der Waals surface area contributed by atoms with Crippen LogP contribution in [0, 0.1) is 11.2 Å². The molecule has 2 saturated heterocycles. The SMILES string of the molecule is CC1(C)OC2=C(n3cnc4c(N5CC6(Cc7cccc(F)c7C6)C5)nc(Cl)nc43)O[C@H](CO)C2O1. The number of ether oxygens (including phenoxy) is 3. The molecule has 1 unspecified atom stereocenters. The molecule has 1 aliphatic carbocycles. The second-order valence-electron chi connectivity index (χ2n) is 10.2. The third-order valence-corrected chi connectivity index (χ3v) is 7.44. The van der Waals surface area contributed by atoms with E-state index in [2.05, 4.69) is 19.9 Å². The molecule has 2 aromatic heterocycles. The minimum Gasteiger partial charge on any atom is -0.467 e. The molecule has 3 aliphatic heterocycles. The molecule has 182 valence electrons. The molecule has 0 amide bonds. The van der Waals surface area contributed by atoms with E-state index in [1.165, 1.54) is 6.07 Å². The zero-order chi connectivity index (χ0) is 24.1. The molecule has 4 aliphatic rings. The lowest BCUT2D eigenvalue weighted by Crippen LogP contribution is -2.57. The normalized spacial score (nSPS) is 25.6. The van der Waals surface area contributed by atoms with Crippen LogP contribution in [0.3, 0.4) is 0 Å². The highest BCUT2D eigenvalue weighted by Gasteiger charge is 2.51. The summed E-state index contributed by atoms with van der Waals surface area (Å²) in [6.45, 7) is 4.83. The molecule has 0 bridgehead atoms. The molecule has 1 spiro atoms. The van der Waals surface area contributed by atoms with Gasteiger partial charge in [0, 0.05) is 32.4 Å².